The summed E-state index contributed by atoms with van der Waals surface area (Å²) in [7, 11) is 1.58. The summed E-state index contributed by atoms with van der Waals surface area (Å²) in [6.45, 7) is 5.84. The summed E-state index contributed by atoms with van der Waals surface area (Å²) in [5.74, 6) is -0.562. The van der Waals surface area contributed by atoms with Gasteiger partial charge >= 0.3 is 6.03 Å². The van der Waals surface area contributed by atoms with Gasteiger partial charge in [0.05, 0.1) is 6.54 Å². The molecule has 1 saturated heterocycles. The molecule has 0 aromatic rings. The molecular weight excluding hydrogens is 336 g/mol. The second-order valence-electron chi connectivity index (χ2n) is 8.33. The molecule has 5 amide bonds. The Morgan fingerprint density at radius 3 is 2.42 bits per heavy atom. The highest BCUT2D eigenvalue weighted by molar-refractivity contribution is 6.07. The Balaban J connectivity index is 1.76. The quantitative estimate of drug-likeness (QED) is 0.685. The molecule has 2 rings (SSSR count). The monoisotopic (exact) mass is 366 g/mol. The lowest BCUT2D eigenvalue weighted by Crippen LogP contribution is -2.46. The van der Waals surface area contributed by atoms with Crippen LogP contribution in [0.15, 0.2) is 0 Å². The van der Waals surface area contributed by atoms with Gasteiger partial charge in [-0.2, -0.15) is 0 Å². The fraction of sp³-hybridized carbons (Fsp3) is 0.778. The molecule has 1 spiro atoms. The molecule has 0 aromatic heterocycles. The van der Waals surface area contributed by atoms with E-state index >= 15 is 0 Å². The van der Waals surface area contributed by atoms with Gasteiger partial charge in [-0.15, -0.1) is 0 Å². The van der Waals surface area contributed by atoms with Gasteiger partial charge in [0.2, 0.25) is 11.8 Å². The fourth-order valence-corrected chi connectivity index (χ4v) is 3.54. The van der Waals surface area contributed by atoms with E-state index in [1.165, 1.54) is 9.80 Å². The predicted octanol–water partition coefficient (Wildman–Crippen LogP) is 1.00. The first-order valence-corrected chi connectivity index (χ1v) is 9.23. The van der Waals surface area contributed by atoms with Crippen LogP contribution in [0.2, 0.25) is 0 Å². The highest BCUT2D eigenvalue weighted by Crippen LogP contribution is 2.35. The molecule has 1 aliphatic heterocycles. The molecule has 2 aliphatic rings. The van der Waals surface area contributed by atoms with E-state index in [2.05, 4.69) is 10.6 Å². The summed E-state index contributed by atoms with van der Waals surface area (Å²) in [5.41, 5.74) is -1.05. The zero-order valence-electron chi connectivity index (χ0n) is 16.2. The standard InChI is InChI=1S/C18H30N4O4/c1-17(2,3)19-13(23)12-21(4)14(24)8-7-11-22-15(25)18(20-16(22)26)9-5-6-10-18/h5-12H2,1-4H3,(H,19,23)(H,20,26). The highest BCUT2D eigenvalue weighted by atomic mass is 16.2. The van der Waals surface area contributed by atoms with Gasteiger partial charge in [0.25, 0.3) is 5.91 Å². The van der Waals surface area contributed by atoms with Crippen LogP contribution >= 0.6 is 0 Å². The van der Waals surface area contributed by atoms with E-state index in [0.29, 0.717) is 19.3 Å². The van der Waals surface area contributed by atoms with Crippen LogP contribution in [0.1, 0.15) is 59.3 Å². The number of carbonyl (C=O) groups excluding carboxylic acids is 4. The molecule has 0 radical (unpaired) electrons. The fourth-order valence-electron chi connectivity index (χ4n) is 3.54. The summed E-state index contributed by atoms with van der Waals surface area (Å²) < 4.78 is 0. The first-order valence-electron chi connectivity index (χ1n) is 9.23. The van der Waals surface area contributed by atoms with Crippen LogP contribution in [-0.2, 0) is 14.4 Å². The Hall–Kier alpha value is -2.12. The normalized spacial score (nSPS) is 19.0. The van der Waals surface area contributed by atoms with Gasteiger partial charge in [-0.3, -0.25) is 19.3 Å². The van der Waals surface area contributed by atoms with Gasteiger partial charge < -0.3 is 15.5 Å². The van der Waals surface area contributed by atoms with Crippen LogP contribution < -0.4 is 10.6 Å². The van der Waals surface area contributed by atoms with E-state index in [-0.39, 0.29) is 48.8 Å². The van der Waals surface area contributed by atoms with E-state index in [1.807, 2.05) is 20.8 Å². The van der Waals surface area contributed by atoms with Crippen LogP contribution in [0.5, 0.6) is 0 Å². The van der Waals surface area contributed by atoms with Crippen LogP contribution in [0.3, 0.4) is 0 Å². The van der Waals surface area contributed by atoms with Crippen molar-refractivity contribution in [2.75, 3.05) is 20.1 Å². The smallest absolute Gasteiger partial charge is 0.325 e. The number of hydrogen-bond acceptors (Lipinski definition) is 4. The van der Waals surface area contributed by atoms with Crippen molar-refractivity contribution in [3.05, 3.63) is 0 Å². The van der Waals surface area contributed by atoms with Gasteiger partial charge in [-0.1, -0.05) is 12.8 Å². The Bertz CT molecular complexity index is 590. The lowest BCUT2D eigenvalue weighted by atomic mass is 9.98. The topological polar surface area (TPSA) is 98.8 Å². The molecule has 0 unspecified atom stereocenters. The molecule has 26 heavy (non-hydrogen) atoms. The number of likely N-dealkylation sites (N-methyl/N-ethyl adjacent to an activating group) is 1. The number of nitrogens with one attached hydrogen (secondary N) is 2. The lowest BCUT2D eigenvalue weighted by molar-refractivity contribution is -0.135. The van der Waals surface area contributed by atoms with E-state index in [1.54, 1.807) is 7.05 Å². The SMILES string of the molecule is CN(CC(=O)NC(C)(C)C)C(=O)CCCN1C(=O)NC2(CCCC2)C1=O. The van der Waals surface area contributed by atoms with Gasteiger partial charge in [-0.25, -0.2) is 4.79 Å². The van der Waals surface area contributed by atoms with Gasteiger partial charge in [0.1, 0.15) is 5.54 Å². The maximum atomic E-state index is 12.5. The first-order chi connectivity index (χ1) is 12.0. The van der Waals surface area contributed by atoms with E-state index < -0.39 is 5.54 Å². The Morgan fingerprint density at radius 2 is 1.85 bits per heavy atom. The summed E-state index contributed by atoms with van der Waals surface area (Å²) in [6.07, 6.45) is 3.85. The summed E-state index contributed by atoms with van der Waals surface area (Å²) in [5, 5.41) is 5.63. The molecule has 0 atom stereocenters. The molecule has 1 saturated carbocycles. The Kier molecular flexibility index (Phi) is 5.93. The van der Waals surface area contributed by atoms with Crippen LogP contribution in [0, 0.1) is 0 Å². The van der Waals surface area contributed by atoms with Crippen molar-refractivity contribution >= 4 is 23.8 Å². The zero-order valence-corrected chi connectivity index (χ0v) is 16.2. The van der Waals surface area contributed by atoms with Crippen LogP contribution in [0.25, 0.3) is 0 Å². The highest BCUT2D eigenvalue weighted by Gasteiger charge is 2.52. The predicted molar refractivity (Wildman–Crippen MR) is 96.2 cm³/mol. The average Bonchev–Trinajstić information content (AvgIpc) is 3.05. The molecule has 1 aliphatic carbocycles. The number of carbonyl (C=O) groups is 4. The molecule has 0 aromatic carbocycles. The van der Waals surface area contributed by atoms with Crippen LogP contribution in [0.4, 0.5) is 4.79 Å². The van der Waals surface area contributed by atoms with Crippen molar-refractivity contribution in [1.82, 2.24) is 20.4 Å². The molecule has 2 fully saturated rings. The average molecular weight is 366 g/mol. The third-order valence-corrected chi connectivity index (χ3v) is 4.80. The first kappa shape index (κ1) is 20.2. The summed E-state index contributed by atoms with van der Waals surface area (Å²) in [6, 6.07) is -0.359. The zero-order chi connectivity index (χ0) is 19.5. The van der Waals surface area contributed by atoms with Crippen molar-refractivity contribution < 1.29 is 19.2 Å². The van der Waals surface area contributed by atoms with Gasteiger partial charge in [-0.05, 0) is 40.0 Å². The third kappa shape index (κ3) is 4.74. The van der Waals surface area contributed by atoms with Crippen molar-refractivity contribution in [1.29, 1.82) is 0 Å². The molecular formula is C18H30N4O4. The number of imide groups is 1. The van der Waals surface area contributed by atoms with Gasteiger partial charge in [0, 0.05) is 25.6 Å². The van der Waals surface area contributed by atoms with Crippen LogP contribution in [-0.4, -0.2) is 64.8 Å². The minimum Gasteiger partial charge on any atom is -0.350 e. The summed E-state index contributed by atoms with van der Waals surface area (Å²) in [4.78, 5) is 51.2. The number of amides is 5. The maximum absolute atomic E-state index is 12.5. The summed E-state index contributed by atoms with van der Waals surface area (Å²) >= 11 is 0. The molecule has 2 N–H and O–H groups in total. The Morgan fingerprint density at radius 1 is 1.23 bits per heavy atom. The number of urea groups is 1. The third-order valence-electron chi connectivity index (χ3n) is 4.80. The van der Waals surface area contributed by atoms with Gasteiger partial charge in [0.15, 0.2) is 0 Å². The van der Waals surface area contributed by atoms with Crippen molar-refractivity contribution in [3.63, 3.8) is 0 Å². The number of hydrogen-bond donors (Lipinski definition) is 2. The molecule has 146 valence electrons. The number of nitrogens with zero attached hydrogens (tertiary/aromatic N) is 2. The minimum absolute atomic E-state index is 0.0116. The second-order valence-corrected chi connectivity index (χ2v) is 8.33. The minimum atomic E-state index is -0.705. The van der Waals surface area contributed by atoms with Crippen molar-refractivity contribution in [3.8, 4) is 0 Å². The van der Waals surface area contributed by atoms with Crippen molar-refractivity contribution in [2.45, 2.75) is 70.4 Å². The number of rotatable bonds is 6. The Labute approximate surface area is 154 Å². The van der Waals surface area contributed by atoms with E-state index in [9.17, 15) is 19.2 Å². The van der Waals surface area contributed by atoms with Crippen molar-refractivity contribution in [2.24, 2.45) is 0 Å². The molecule has 8 heteroatoms. The molecule has 8 nitrogen and oxygen atoms in total. The maximum Gasteiger partial charge on any atom is 0.325 e. The lowest BCUT2D eigenvalue weighted by Gasteiger charge is -2.23. The van der Waals surface area contributed by atoms with E-state index in [0.717, 1.165) is 12.8 Å². The molecule has 0 bridgehead atoms. The molecule has 1 heterocycles. The second kappa shape index (κ2) is 7.63. The van der Waals surface area contributed by atoms with E-state index in [4.69, 9.17) is 0 Å². The largest absolute Gasteiger partial charge is 0.350 e.